The molecule has 2 amide bonds. The molecule has 0 spiro atoms. The summed E-state index contributed by atoms with van der Waals surface area (Å²) < 4.78 is 62.2. The molecule has 1 saturated heterocycles. The van der Waals surface area contributed by atoms with E-state index < -0.39 is 84.6 Å². The molecule has 0 saturated carbocycles. The molecule has 0 aromatic carbocycles. The summed E-state index contributed by atoms with van der Waals surface area (Å²) >= 11 is 0.992. The maximum atomic E-state index is 12.7. The van der Waals surface area contributed by atoms with Crippen LogP contribution in [0.4, 0.5) is 5.82 Å². The summed E-state index contributed by atoms with van der Waals surface area (Å²) in [4.78, 5) is 99.7. The van der Waals surface area contributed by atoms with Gasteiger partial charge in [-0.1, -0.05) is 51.8 Å². The Labute approximate surface area is 348 Å². The van der Waals surface area contributed by atoms with Crippen LogP contribution < -0.4 is 16.4 Å². The Morgan fingerprint density at radius 3 is 2.35 bits per heavy atom. The molecule has 0 aliphatic carbocycles. The van der Waals surface area contributed by atoms with Crippen molar-refractivity contribution in [1.82, 2.24) is 30.2 Å². The molecule has 25 nitrogen and oxygen atoms in total. The number of phosphoric acid groups is 3. The molecule has 60 heavy (non-hydrogen) atoms. The highest BCUT2D eigenvalue weighted by Crippen LogP contribution is 2.61. The van der Waals surface area contributed by atoms with E-state index in [1.165, 1.54) is 13.8 Å². The number of thioether (sulfide) groups is 1. The second-order valence-corrected chi connectivity index (χ2v) is 19.5. The molecule has 29 heteroatoms. The fourth-order valence-electron chi connectivity index (χ4n) is 5.48. The lowest BCUT2D eigenvalue weighted by atomic mass is 9.87. The van der Waals surface area contributed by atoms with Gasteiger partial charge in [0.05, 0.1) is 19.5 Å². The first-order valence-corrected chi connectivity index (χ1v) is 24.0. The molecule has 2 aromatic heterocycles. The summed E-state index contributed by atoms with van der Waals surface area (Å²) in [5, 5.41) is 26.2. The number of rotatable bonds is 27. The molecule has 0 radical (unpaired) electrons. The Hall–Kier alpha value is -2.77. The number of aliphatic hydroxyl groups excluding tert-OH is 2. The van der Waals surface area contributed by atoms with Gasteiger partial charge in [-0.15, -0.1) is 0 Å². The number of phosphoric ester groups is 3. The lowest BCUT2D eigenvalue weighted by molar-refractivity contribution is -0.137. The number of imidazole rings is 1. The maximum Gasteiger partial charge on any atom is 0.481 e. The predicted octanol–water partition coefficient (Wildman–Crippen LogP) is 0.984. The van der Waals surface area contributed by atoms with Crippen LogP contribution in [0.15, 0.2) is 12.7 Å². The van der Waals surface area contributed by atoms with Crippen molar-refractivity contribution in [3.05, 3.63) is 12.7 Å². The number of carbonyl (C=O) groups is 4. The predicted molar refractivity (Wildman–Crippen MR) is 210 cm³/mol. The molecule has 7 atom stereocenters. The first-order chi connectivity index (χ1) is 27.9. The number of unbranched alkanes of at least 4 members (excludes halogenated alkanes) is 3. The second-order valence-electron chi connectivity index (χ2n) is 14.1. The molecule has 3 rings (SSSR count). The van der Waals surface area contributed by atoms with Gasteiger partial charge in [0, 0.05) is 49.9 Å². The van der Waals surface area contributed by atoms with Crippen molar-refractivity contribution in [2.75, 3.05) is 37.8 Å². The fourth-order valence-corrected chi connectivity index (χ4v) is 8.99. The number of nitrogen functional groups attached to an aromatic ring is 1. The van der Waals surface area contributed by atoms with Crippen LogP contribution in [0.5, 0.6) is 0 Å². The van der Waals surface area contributed by atoms with E-state index in [1.54, 1.807) is 0 Å². The van der Waals surface area contributed by atoms with Crippen molar-refractivity contribution >= 4 is 74.9 Å². The van der Waals surface area contributed by atoms with E-state index in [9.17, 15) is 62.7 Å². The molecule has 1 aliphatic rings. The minimum atomic E-state index is -5.58. The van der Waals surface area contributed by atoms with Gasteiger partial charge >= 0.3 is 23.5 Å². The summed E-state index contributed by atoms with van der Waals surface area (Å²) in [7, 11) is -16.4. The third-order valence-electron chi connectivity index (χ3n) is 8.68. The highest BCUT2D eigenvalue weighted by molar-refractivity contribution is 8.13. The molecule has 1 fully saturated rings. The molecule has 10 N–H and O–H groups in total. The number of Topliss-reactive ketones (excluding diaryl/α,β-unsaturated/α-hetero) is 1. The molecule has 1 aliphatic heterocycles. The highest BCUT2D eigenvalue weighted by atomic mass is 32.2. The molecule has 0 bridgehead atoms. The van der Waals surface area contributed by atoms with E-state index in [1.807, 2.05) is 0 Å². The lowest BCUT2D eigenvalue weighted by Gasteiger charge is -2.30. The van der Waals surface area contributed by atoms with E-state index in [4.69, 9.17) is 19.5 Å². The number of nitrogens with zero attached hydrogens (tertiary/aromatic N) is 4. The SMILES string of the molecule is CCCCCCC(=O)CCC(=O)SCCNC(=O)CCNC(=O)C(O)C(C)(C)COP(=O)(O)OP(=O)(O)OCC1OC(n2cnc3c(N)ncnc32)C(O)C1OP(=O)(O)O. The maximum absolute atomic E-state index is 12.7. The minimum Gasteiger partial charge on any atom is -0.386 e. The lowest BCUT2D eigenvalue weighted by Crippen LogP contribution is -2.46. The summed E-state index contributed by atoms with van der Waals surface area (Å²) in [6, 6.07) is 0. The summed E-state index contributed by atoms with van der Waals surface area (Å²) in [6.07, 6.45) is -2.32. The van der Waals surface area contributed by atoms with Gasteiger partial charge in [-0.05, 0) is 6.42 Å². The van der Waals surface area contributed by atoms with Crippen LogP contribution in [0, 0.1) is 5.41 Å². The summed E-state index contributed by atoms with van der Waals surface area (Å²) in [5.41, 5.74) is 4.24. The topological polar surface area (TPSA) is 381 Å². The number of aromatic nitrogens is 4. The van der Waals surface area contributed by atoms with Crippen LogP contribution in [-0.2, 0) is 55.5 Å². The number of fused-ring (bicyclic) bond motifs is 1. The zero-order valence-electron chi connectivity index (χ0n) is 32.9. The van der Waals surface area contributed by atoms with Crippen molar-refractivity contribution < 1.29 is 85.3 Å². The fraction of sp³-hybridized carbons (Fsp3) is 0.710. The van der Waals surface area contributed by atoms with Gasteiger partial charge in [0.1, 0.15) is 42.0 Å². The van der Waals surface area contributed by atoms with Gasteiger partial charge in [0.25, 0.3) is 0 Å². The zero-order valence-corrected chi connectivity index (χ0v) is 36.4. The van der Waals surface area contributed by atoms with E-state index >= 15 is 0 Å². The van der Waals surface area contributed by atoms with Gasteiger partial charge in [0.2, 0.25) is 11.8 Å². The largest absolute Gasteiger partial charge is 0.481 e. The third-order valence-corrected chi connectivity index (χ3v) is 12.7. The van der Waals surface area contributed by atoms with E-state index in [-0.39, 0.29) is 66.0 Å². The van der Waals surface area contributed by atoms with Crippen LogP contribution in [0.1, 0.15) is 78.4 Å². The van der Waals surface area contributed by atoms with Crippen molar-refractivity contribution in [2.24, 2.45) is 5.41 Å². The van der Waals surface area contributed by atoms with Crippen LogP contribution in [0.3, 0.4) is 0 Å². The van der Waals surface area contributed by atoms with Crippen LogP contribution in [0.2, 0.25) is 0 Å². The summed E-state index contributed by atoms with van der Waals surface area (Å²) in [5.74, 6) is -1.19. The number of hydrogen-bond donors (Lipinski definition) is 9. The van der Waals surface area contributed by atoms with Crippen LogP contribution >= 0.6 is 35.2 Å². The average molecular weight is 936 g/mol. The molecule has 340 valence electrons. The van der Waals surface area contributed by atoms with Crippen LogP contribution in [0.25, 0.3) is 11.2 Å². The zero-order chi connectivity index (χ0) is 44.9. The number of anilines is 1. The van der Waals surface area contributed by atoms with Gasteiger partial charge in [0.15, 0.2) is 22.8 Å². The molecule has 2 aromatic rings. The third kappa shape index (κ3) is 16.8. The van der Waals surface area contributed by atoms with Gasteiger partial charge in [-0.25, -0.2) is 28.6 Å². The number of hydrogen-bond acceptors (Lipinski definition) is 19. The quantitative estimate of drug-likeness (QED) is 0.0445. The Balaban J connectivity index is 1.42. The number of aliphatic hydroxyl groups is 2. The smallest absolute Gasteiger partial charge is 0.386 e. The van der Waals surface area contributed by atoms with Crippen molar-refractivity contribution in [3.63, 3.8) is 0 Å². The van der Waals surface area contributed by atoms with Crippen molar-refractivity contribution in [2.45, 2.75) is 103 Å². The summed E-state index contributed by atoms with van der Waals surface area (Å²) in [6.45, 7) is 2.45. The molecule has 3 heterocycles. The number of carbonyl (C=O) groups excluding carboxylic acids is 4. The highest BCUT2D eigenvalue weighted by Gasteiger charge is 2.50. The second kappa shape index (κ2) is 23.1. The molecular weight excluding hydrogens is 883 g/mol. The van der Waals surface area contributed by atoms with E-state index in [2.05, 4.69) is 41.3 Å². The Morgan fingerprint density at radius 2 is 1.67 bits per heavy atom. The number of amides is 2. The van der Waals surface area contributed by atoms with Crippen LogP contribution in [-0.4, -0.2) is 128 Å². The number of ketones is 1. The van der Waals surface area contributed by atoms with Gasteiger partial charge in [-0.2, -0.15) is 4.31 Å². The van der Waals surface area contributed by atoms with Gasteiger partial charge in [-0.3, -0.25) is 37.3 Å². The molecular formula is C31H52N7O18P3S. The first-order valence-electron chi connectivity index (χ1n) is 18.5. The van der Waals surface area contributed by atoms with Gasteiger partial charge < -0.3 is 50.9 Å². The van der Waals surface area contributed by atoms with Crippen molar-refractivity contribution in [1.29, 1.82) is 0 Å². The first kappa shape index (κ1) is 51.6. The van der Waals surface area contributed by atoms with Crippen molar-refractivity contribution in [3.8, 4) is 0 Å². The average Bonchev–Trinajstić information content (AvgIpc) is 3.72. The molecule has 7 unspecified atom stereocenters. The van der Waals surface area contributed by atoms with E-state index in [0.29, 0.717) is 6.42 Å². The van der Waals surface area contributed by atoms with E-state index in [0.717, 1.165) is 54.7 Å². The number of ether oxygens (including phenoxy) is 1. The normalized spacial score (nSPS) is 20.9. The minimum absolute atomic E-state index is 0.0259. The Morgan fingerprint density at radius 1 is 0.967 bits per heavy atom. The Bertz CT molecular complexity index is 1940. The Kier molecular flexibility index (Phi) is 19.8. The number of nitrogens with two attached hydrogens (primary N) is 1. The monoisotopic (exact) mass is 935 g/mol. The standard InChI is InChI=1S/C31H52N7O18P3S/c1-4-5-6-7-8-19(39)9-10-22(41)60-14-13-33-21(40)11-12-34-29(44)26(43)31(2,3)16-53-59(50,51)56-58(48,49)52-15-20-25(55-57(45,46)47)24(42)30(54-20)38-18-37-23-27(32)35-17-36-28(23)38/h17-18,20,24-26,30,42-43H,4-16H2,1-3H3,(H,33,40)(H,34,44)(H,48,49)(H,50,51)(H2,32,35,36)(H2,45,46,47). The number of nitrogens with one attached hydrogen (secondary N) is 2.